The van der Waals surface area contributed by atoms with Crippen molar-refractivity contribution in [3.05, 3.63) is 45.1 Å². The summed E-state index contributed by atoms with van der Waals surface area (Å²) in [4.78, 5) is 48.9. The van der Waals surface area contributed by atoms with Crippen molar-refractivity contribution in [2.45, 2.75) is 25.3 Å². The molecule has 0 bridgehead atoms. The number of thioether (sulfide) groups is 1. The third kappa shape index (κ3) is 3.79. The van der Waals surface area contributed by atoms with Gasteiger partial charge in [-0.15, -0.1) is 11.8 Å². The summed E-state index contributed by atoms with van der Waals surface area (Å²) < 4.78 is 5.67. The molecule has 8 nitrogen and oxygen atoms in total. The van der Waals surface area contributed by atoms with Gasteiger partial charge in [-0.1, -0.05) is 22.0 Å². The second kappa shape index (κ2) is 7.96. The number of nitrogens with one attached hydrogen (secondary N) is 1. The lowest BCUT2D eigenvalue weighted by atomic mass is 10.0. The Labute approximate surface area is 173 Å². The quantitative estimate of drug-likeness (QED) is 0.498. The van der Waals surface area contributed by atoms with Gasteiger partial charge in [0.25, 0.3) is 11.8 Å². The second-order valence-electron chi connectivity index (χ2n) is 6.36. The summed E-state index contributed by atoms with van der Waals surface area (Å²) in [5.41, 5.74) is 1.54. The molecule has 1 fully saturated rings. The predicted octanol–water partition coefficient (Wildman–Crippen LogP) is 1.67. The summed E-state index contributed by atoms with van der Waals surface area (Å²) in [5.74, 6) is -2.44. The number of aliphatic carboxylic acids is 1. The molecule has 2 aliphatic rings. The zero-order valence-corrected chi connectivity index (χ0v) is 17.4. The number of hydrogen-bond acceptors (Lipinski definition) is 6. The molecule has 2 atom stereocenters. The molecule has 0 aliphatic carbocycles. The summed E-state index contributed by atoms with van der Waals surface area (Å²) in [6.45, 7) is 2.93. The molecule has 0 aromatic heterocycles. The number of β-lactam (4-membered cyclic amide) rings is 1. The number of carbonyl (C=O) groups excluding carboxylic acids is 3. The fourth-order valence-electron chi connectivity index (χ4n) is 2.94. The van der Waals surface area contributed by atoms with Gasteiger partial charge in [-0.25, -0.2) is 4.79 Å². The van der Waals surface area contributed by atoms with E-state index in [0.717, 1.165) is 14.9 Å². The van der Waals surface area contributed by atoms with E-state index in [1.165, 1.54) is 18.7 Å². The van der Waals surface area contributed by atoms with Crippen molar-refractivity contribution in [3.8, 4) is 0 Å². The molecule has 3 rings (SSSR count). The van der Waals surface area contributed by atoms with Gasteiger partial charge in [-0.3, -0.25) is 19.3 Å². The lowest BCUT2D eigenvalue weighted by molar-refractivity contribution is -0.149. The summed E-state index contributed by atoms with van der Waals surface area (Å²) in [5, 5.41) is 11.7. The maximum atomic E-state index is 12.6. The molecule has 2 aliphatic heterocycles. The zero-order chi connectivity index (χ0) is 20.6. The van der Waals surface area contributed by atoms with Crippen LogP contribution in [0.3, 0.4) is 0 Å². The Bertz CT molecular complexity index is 915. The van der Waals surface area contributed by atoms with E-state index in [1.807, 2.05) is 6.92 Å². The Morgan fingerprint density at radius 1 is 1.39 bits per heavy atom. The SMILES string of the molecule is CC(=O)OCC1=C(C(=O)O)N2C(=O)[C@H](NC(=O)c3ccc(C)c(Br)c3)[C@@H]2SC1. The van der Waals surface area contributed by atoms with Crippen molar-refractivity contribution >= 4 is 51.4 Å². The molecular formula is C18H17BrN2O6S. The number of ether oxygens (including phenoxy) is 1. The first kappa shape index (κ1) is 20.4. The molecular weight excluding hydrogens is 452 g/mol. The van der Waals surface area contributed by atoms with Crippen LogP contribution in [0.1, 0.15) is 22.8 Å². The number of hydrogen-bond donors (Lipinski definition) is 2. The maximum absolute atomic E-state index is 12.6. The first-order valence-electron chi connectivity index (χ1n) is 8.31. The molecule has 1 aromatic rings. The Balaban J connectivity index is 1.76. The van der Waals surface area contributed by atoms with Crippen molar-refractivity contribution in [3.63, 3.8) is 0 Å². The number of fused-ring (bicyclic) bond motifs is 1. The molecule has 2 heterocycles. The minimum atomic E-state index is -1.27. The number of benzene rings is 1. The lowest BCUT2D eigenvalue weighted by Gasteiger charge is -2.49. The summed E-state index contributed by atoms with van der Waals surface area (Å²) in [6, 6.07) is 4.29. The van der Waals surface area contributed by atoms with Crippen LogP contribution in [-0.2, 0) is 19.1 Å². The summed E-state index contributed by atoms with van der Waals surface area (Å²) in [6.07, 6.45) is 0. The highest BCUT2D eigenvalue weighted by molar-refractivity contribution is 9.10. The van der Waals surface area contributed by atoms with E-state index in [1.54, 1.807) is 18.2 Å². The van der Waals surface area contributed by atoms with Gasteiger partial charge < -0.3 is 15.2 Å². The molecule has 148 valence electrons. The topological polar surface area (TPSA) is 113 Å². The van der Waals surface area contributed by atoms with Crippen molar-refractivity contribution in [2.24, 2.45) is 0 Å². The second-order valence-corrected chi connectivity index (χ2v) is 8.32. The normalized spacial score (nSPS) is 21.0. The van der Waals surface area contributed by atoms with Crippen molar-refractivity contribution < 1.29 is 29.0 Å². The molecule has 0 unspecified atom stereocenters. The van der Waals surface area contributed by atoms with E-state index in [0.29, 0.717) is 11.1 Å². The third-order valence-electron chi connectivity index (χ3n) is 4.42. The fraction of sp³-hybridized carbons (Fsp3) is 0.333. The maximum Gasteiger partial charge on any atom is 0.352 e. The van der Waals surface area contributed by atoms with E-state index >= 15 is 0 Å². The first-order valence-corrected chi connectivity index (χ1v) is 10.1. The minimum Gasteiger partial charge on any atom is -0.477 e. The molecule has 28 heavy (non-hydrogen) atoms. The number of carboxylic acid groups (broad SMARTS) is 1. The number of nitrogens with zero attached hydrogens (tertiary/aromatic N) is 1. The molecule has 10 heteroatoms. The molecule has 1 saturated heterocycles. The number of aryl methyl sites for hydroxylation is 1. The highest BCUT2D eigenvalue weighted by Gasteiger charge is 2.54. The van der Waals surface area contributed by atoms with Crippen LogP contribution in [0.15, 0.2) is 33.9 Å². The highest BCUT2D eigenvalue weighted by atomic mass is 79.9. The van der Waals surface area contributed by atoms with Gasteiger partial charge in [0.2, 0.25) is 0 Å². The van der Waals surface area contributed by atoms with E-state index in [2.05, 4.69) is 21.2 Å². The summed E-state index contributed by atoms with van der Waals surface area (Å²) >= 11 is 4.68. The zero-order valence-electron chi connectivity index (χ0n) is 15.0. The number of carbonyl (C=O) groups is 4. The number of halogens is 1. The average molecular weight is 469 g/mol. The van der Waals surface area contributed by atoms with Crippen LogP contribution in [0, 0.1) is 6.92 Å². The van der Waals surface area contributed by atoms with E-state index < -0.39 is 35.2 Å². The van der Waals surface area contributed by atoms with E-state index in [4.69, 9.17) is 4.74 Å². The number of amides is 2. The van der Waals surface area contributed by atoms with Crippen LogP contribution in [0.4, 0.5) is 0 Å². The van der Waals surface area contributed by atoms with E-state index in [-0.39, 0.29) is 18.1 Å². The monoisotopic (exact) mass is 468 g/mol. The van der Waals surface area contributed by atoms with Crippen LogP contribution in [-0.4, -0.2) is 57.5 Å². The lowest BCUT2D eigenvalue weighted by Crippen LogP contribution is -2.70. The molecule has 0 saturated carbocycles. The average Bonchev–Trinajstić information content (AvgIpc) is 2.65. The molecule has 1 aromatic carbocycles. The van der Waals surface area contributed by atoms with Gasteiger partial charge in [-0.2, -0.15) is 0 Å². The van der Waals surface area contributed by atoms with Gasteiger partial charge >= 0.3 is 11.9 Å². The number of esters is 1. The molecule has 0 spiro atoms. The minimum absolute atomic E-state index is 0.182. The smallest absolute Gasteiger partial charge is 0.352 e. The molecule has 0 radical (unpaired) electrons. The van der Waals surface area contributed by atoms with Gasteiger partial charge in [0.05, 0.1) is 0 Å². The molecule has 2 N–H and O–H groups in total. The van der Waals surface area contributed by atoms with Gasteiger partial charge in [0.1, 0.15) is 23.7 Å². The van der Waals surface area contributed by atoms with Gasteiger partial charge in [-0.05, 0) is 24.6 Å². The Kier molecular flexibility index (Phi) is 5.80. The third-order valence-corrected chi connectivity index (χ3v) is 6.61. The Morgan fingerprint density at radius 2 is 2.11 bits per heavy atom. The van der Waals surface area contributed by atoms with Crippen LogP contribution in [0.2, 0.25) is 0 Å². The predicted molar refractivity (Wildman–Crippen MR) is 105 cm³/mol. The van der Waals surface area contributed by atoms with Crippen molar-refractivity contribution in [2.75, 3.05) is 12.4 Å². The number of carboxylic acids is 1. The standard InChI is InChI=1S/C18H17BrN2O6S/c1-8-3-4-10(5-12(8)19)15(23)20-13-16(24)21-14(18(25)26)11(6-27-9(2)22)7-28-17(13)21/h3-5,13,17H,6-7H2,1-2H3,(H,20,23)(H,25,26)/t13-,17-/m0/s1. The molecule has 2 amide bonds. The highest BCUT2D eigenvalue weighted by Crippen LogP contribution is 2.40. The van der Waals surface area contributed by atoms with E-state index in [9.17, 15) is 24.3 Å². The van der Waals surface area contributed by atoms with Crippen molar-refractivity contribution in [1.29, 1.82) is 0 Å². The Hall–Kier alpha value is -2.33. The fourth-order valence-corrected chi connectivity index (χ4v) is 4.65. The van der Waals surface area contributed by atoms with Crippen LogP contribution >= 0.6 is 27.7 Å². The van der Waals surface area contributed by atoms with Crippen LogP contribution in [0.25, 0.3) is 0 Å². The largest absolute Gasteiger partial charge is 0.477 e. The summed E-state index contributed by atoms with van der Waals surface area (Å²) in [7, 11) is 0. The first-order chi connectivity index (χ1) is 13.2. The number of rotatable bonds is 5. The van der Waals surface area contributed by atoms with Gasteiger partial charge in [0, 0.05) is 28.3 Å². The van der Waals surface area contributed by atoms with Crippen LogP contribution < -0.4 is 5.32 Å². The van der Waals surface area contributed by atoms with Crippen molar-refractivity contribution in [1.82, 2.24) is 10.2 Å². The van der Waals surface area contributed by atoms with Gasteiger partial charge in [0.15, 0.2) is 0 Å². The van der Waals surface area contributed by atoms with Crippen LogP contribution in [0.5, 0.6) is 0 Å². The Morgan fingerprint density at radius 3 is 2.71 bits per heavy atom.